The number of amides is 4. The molecule has 11 heteroatoms. The van der Waals surface area contributed by atoms with Crippen molar-refractivity contribution in [1.82, 2.24) is 15.1 Å². The van der Waals surface area contributed by atoms with Crippen molar-refractivity contribution in [3.63, 3.8) is 0 Å². The van der Waals surface area contributed by atoms with Crippen molar-refractivity contribution < 1.29 is 22.8 Å². The van der Waals surface area contributed by atoms with E-state index >= 15 is 0 Å². The van der Waals surface area contributed by atoms with E-state index in [1.807, 2.05) is 27.7 Å². The van der Waals surface area contributed by atoms with Crippen molar-refractivity contribution in [2.45, 2.75) is 51.5 Å². The summed E-state index contributed by atoms with van der Waals surface area (Å²) >= 11 is 0. The molecule has 39 heavy (non-hydrogen) atoms. The summed E-state index contributed by atoms with van der Waals surface area (Å²) in [4.78, 5) is 44.7. The number of nitrogens with zero attached hydrogens (tertiary/aromatic N) is 4. The number of hydrogen-bond acceptors (Lipinski definition) is 6. The maximum absolute atomic E-state index is 13.8. The van der Waals surface area contributed by atoms with Crippen LogP contribution in [-0.2, 0) is 26.0 Å². The Morgan fingerprint density at radius 3 is 2.33 bits per heavy atom. The summed E-state index contributed by atoms with van der Waals surface area (Å²) in [7, 11) is -4.28. The van der Waals surface area contributed by atoms with Crippen LogP contribution in [0.15, 0.2) is 47.4 Å². The van der Waals surface area contributed by atoms with Crippen molar-refractivity contribution in [3.05, 3.63) is 53.6 Å². The Morgan fingerprint density at radius 1 is 0.974 bits per heavy atom. The standard InChI is InChI=1S/C28H37N5O5S/c1-5-30(6-2)17-16-25(34)29-26-22-11-9-10-12-24(22)33(27(26)35)39(37,38)21-13-14-23-20(19-21)15-18-32(23)28(36)31(7-3)8-4/h9-14,19,26H,5-8,15-18H2,1-4H3,(H,29,34). The van der Waals surface area contributed by atoms with Gasteiger partial charge < -0.3 is 15.1 Å². The Kier molecular flexibility index (Phi) is 8.60. The Hall–Kier alpha value is -3.44. The average molecular weight is 556 g/mol. The number of hydrogen-bond donors (Lipinski definition) is 1. The molecule has 2 aliphatic heterocycles. The first-order chi connectivity index (χ1) is 18.7. The van der Waals surface area contributed by atoms with Crippen LogP contribution in [0.4, 0.5) is 16.2 Å². The van der Waals surface area contributed by atoms with E-state index in [-0.39, 0.29) is 28.9 Å². The van der Waals surface area contributed by atoms with Gasteiger partial charge in [0.2, 0.25) is 5.91 Å². The highest BCUT2D eigenvalue weighted by Crippen LogP contribution is 2.40. The summed E-state index contributed by atoms with van der Waals surface area (Å²) in [5.74, 6) is -1.03. The lowest BCUT2D eigenvalue weighted by Crippen LogP contribution is -2.42. The molecule has 0 fully saturated rings. The SMILES string of the molecule is CCN(CC)CCC(=O)NC1C(=O)N(S(=O)(=O)c2ccc3c(c2)CCN3C(=O)N(CC)CC)c2ccccc21. The maximum Gasteiger partial charge on any atom is 0.324 e. The zero-order valence-electron chi connectivity index (χ0n) is 23.0. The van der Waals surface area contributed by atoms with Crippen molar-refractivity contribution in [2.75, 3.05) is 48.5 Å². The van der Waals surface area contributed by atoms with Gasteiger partial charge in [-0.25, -0.2) is 17.5 Å². The molecule has 2 aromatic rings. The van der Waals surface area contributed by atoms with Crippen LogP contribution < -0.4 is 14.5 Å². The molecule has 0 aliphatic carbocycles. The molecule has 10 nitrogen and oxygen atoms in total. The first kappa shape index (κ1) is 28.6. The van der Waals surface area contributed by atoms with Crippen LogP contribution in [0.2, 0.25) is 0 Å². The molecule has 0 saturated heterocycles. The number of fused-ring (bicyclic) bond motifs is 2. The van der Waals surface area contributed by atoms with E-state index in [4.69, 9.17) is 0 Å². The highest BCUT2D eigenvalue weighted by atomic mass is 32.2. The fraction of sp³-hybridized carbons (Fsp3) is 0.464. The fourth-order valence-corrected chi connectivity index (χ4v) is 6.72. The van der Waals surface area contributed by atoms with E-state index in [9.17, 15) is 22.8 Å². The van der Waals surface area contributed by atoms with Gasteiger partial charge in [0, 0.05) is 43.9 Å². The number of anilines is 2. The molecule has 0 spiro atoms. The van der Waals surface area contributed by atoms with Crippen LogP contribution in [0.1, 0.15) is 51.3 Å². The first-order valence-electron chi connectivity index (χ1n) is 13.6. The van der Waals surface area contributed by atoms with Gasteiger partial charge in [-0.3, -0.25) is 14.5 Å². The normalized spacial score (nSPS) is 16.4. The second-order valence-corrected chi connectivity index (χ2v) is 11.4. The Morgan fingerprint density at radius 2 is 1.67 bits per heavy atom. The van der Waals surface area contributed by atoms with Crippen molar-refractivity contribution in [3.8, 4) is 0 Å². The lowest BCUT2D eigenvalue weighted by Gasteiger charge is -2.26. The fourth-order valence-electron chi connectivity index (χ4n) is 5.21. The molecule has 0 saturated carbocycles. The van der Waals surface area contributed by atoms with E-state index in [0.29, 0.717) is 43.9 Å². The lowest BCUT2D eigenvalue weighted by molar-refractivity contribution is -0.127. The van der Waals surface area contributed by atoms with E-state index in [1.54, 1.807) is 46.2 Å². The molecule has 2 aliphatic rings. The van der Waals surface area contributed by atoms with Crippen LogP contribution in [0.3, 0.4) is 0 Å². The van der Waals surface area contributed by atoms with E-state index in [1.165, 1.54) is 6.07 Å². The Balaban J connectivity index is 1.59. The van der Waals surface area contributed by atoms with Crippen molar-refractivity contribution >= 4 is 39.2 Å². The number of carbonyl (C=O) groups excluding carboxylic acids is 3. The molecule has 0 aromatic heterocycles. The van der Waals surface area contributed by atoms with Gasteiger partial charge in [-0.1, -0.05) is 32.0 Å². The largest absolute Gasteiger partial charge is 0.340 e. The predicted molar refractivity (Wildman–Crippen MR) is 150 cm³/mol. The van der Waals surface area contributed by atoms with Crippen molar-refractivity contribution in [1.29, 1.82) is 0 Å². The zero-order valence-corrected chi connectivity index (χ0v) is 23.8. The molecule has 1 atom stereocenters. The van der Waals surface area contributed by atoms with Crippen molar-refractivity contribution in [2.24, 2.45) is 0 Å². The van der Waals surface area contributed by atoms with Gasteiger partial charge in [-0.15, -0.1) is 0 Å². The van der Waals surface area contributed by atoms with Crippen LogP contribution in [0.25, 0.3) is 0 Å². The summed E-state index contributed by atoms with van der Waals surface area (Å²) in [6, 6.07) is 10.0. The number of benzene rings is 2. The molecule has 210 valence electrons. The first-order valence-corrected chi connectivity index (χ1v) is 15.0. The molecule has 4 rings (SSSR count). The maximum atomic E-state index is 13.8. The minimum atomic E-state index is -4.28. The third kappa shape index (κ3) is 5.38. The summed E-state index contributed by atoms with van der Waals surface area (Å²) in [6.07, 6.45) is 0.718. The molecule has 4 amide bonds. The third-order valence-electron chi connectivity index (χ3n) is 7.52. The number of para-hydroxylation sites is 1. The number of carbonyl (C=O) groups is 3. The molecular formula is C28H37N5O5S. The van der Waals surface area contributed by atoms with Gasteiger partial charge in [0.05, 0.1) is 10.6 Å². The summed E-state index contributed by atoms with van der Waals surface area (Å²) in [6.45, 7) is 11.6. The predicted octanol–water partition coefficient (Wildman–Crippen LogP) is 3.14. The summed E-state index contributed by atoms with van der Waals surface area (Å²) < 4.78 is 28.5. The number of urea groups is 1. The number of nitrogens with one attached hydrogen (secondary N) is 1. The highest BCUT2D eigenvalue weighted by molar-refractivity contribution is 7.93. The molecule has 2 heterocycles. The molecule has 0 bridgehead atoms. The second-order valence-electron chi connectivity index (χ2n) is 9.59. The van der Waals surface area contributed by atoms with Gasteiger partial charge >= 0.3 is 6.03 Å². The molecule has 1 unspecified atom stereocenters. The van der Waals surface area contributed by atoms with Gasteiger partial charge in [0.25, 0.3) is 15.9 Å². The van der Waals surface area contributed by atoms with Gasteiger partial charge in [-0.05, 0) is 63.2 Å². The molecule has 2 aromatic carbocycles. The van der Waals surface area contributed by atoms with Crippen LogP contribution in [-0.4, -0.2) is 75.3 Å². The topological polar surface area (TPSA) is 110 Å². The molecule has 1 N–H and O–H groups in total. The molecule has 0 radical (unpaired) electrons. The van der Waals surface area contributed by atoms with Crippen LogP contribution in [0.5, 0.6) is 0 Å². The smallest absolute Gasteiger partial charge is 0.324 e. The second kappa shape index (κ2) is 11.7. The average Bonchev–Trinajstić information content (AvgIpc) is 3.48. The lowest BCUT2D eigenvalue weighted by atomic mass is 10.1. The van der Waals surface area contributed by atoms with E-state index in [0.717, 1.165) is 23.0 Å². The summed E-state index contributed by atoms with van der Waals surface area (Å²) in [5, 5.41) is 2.75. The summed E-state index contributed by atoms with van der Waals surface area (Å²) in [5.41, 5.74) is 2.09. The minimum absolute atomic E-state index is 0.0324. The van der Waals surface area contributed by atoms with E-state index < -0.39 is 22.0 Å². The van der Waals surface area contributed by atoms with E-state index in [2.05, 4.69) is 10.2 Å². The minimum Gasteiger partial charge on any atom is -0.340 e. The van der Waals surface area contributed by atoms with Gasteiger partial charge in [-0.2, -0.15) is 0 Å². The number of rotatable bonds is 10. The van der Waals surface area contributed by atoms with Gasteiger partial charge in [0.1, 0.15) is 6.04 Å². The Bertz CT molecular complexity index is 1350. The quantitative estimate of drug-likeness (QED) is 0.482. The Labute approximate surface area is 230 Å². The number of sulfonamides is 1. The highest BCUT2D eigenvalue weighted by Gasteiger charge is 2.45. The van der Waals surface area contributed by atoms with Crippen LogP contribution in [0, 0.1) is 0 Å². The van der Waals surface area contributed by atoms with Crippen LogP contribution >= 0.6 is 0 Å². The third-order valence-corrected chi connectivity index (χ3v) is 9.23. The zero-order chi connectivity index (χ0) is 28.3. The molecular weight excluding hydrogens is 518 g/mol. The monoisotopic (exact) mass is 555 g/mol. The van der Waals surface area contributed by atoms with Gasteiger partial charge in [0.15, 0.2) is 0 Å².